The van der Waals surface area contributed by atoms with Crippen LogP contribution in [-0.4, -0.2) is 44.0 Å². The van der Waals surface area contributed by atoms with Gasteiger partial charge in [-0.2, -0.15) is 0 Å². The molecule has 1 amide bonds. The highest BCUT2D eigenvalue weighted by molar-refractivity contribution is 14.0. The first-order valence-corrected chi connectivity index (χ1v) is 10.5. The van der Waals surface area contributed by atoms with E-state index in [0.717, 1.165) is 31.0 Å². The van der Waals surface area contributed by atoms with Gasteiger partial charge in [-0.1, -0.05) is 43.3 Å². The zero-order valence-electron chi connectivity index (χ0n) is 18.7. The molecule has 2 aromatic carbocycles. The lowest BCUT2D eigenvalue weighted by atomic mass is 9.82. The van der Waals surface area contributed by atoms with Crippen LogP contribution in [0.15, 0.2) is 53.5 Å². The van der Waals surface area contributed by atoms with Gasteiger partial charge in [0, 0.05) is 33.6 Å². The highest BCUT2D eigenvalue weighted by atomic mass is 127. The van der Waals surface area contributed by atoms with Crippen LogP contribution >= 0.6 is 24.0 Å². The predicted octanol–water partition coefficient (Wildman–Crippen LogP) is 4.47. The molecule has 0 saturated carbocycles. The van der Waals surface area contributed by atoms with E-state index in [-0.39, 0.29) is 29.9 Å². The van der Waals surface area contributed by atoms with Gasteiger partial charge in [0.25, 0.3) is 0 Å². The van der Waals surface area contributed by atoms with Crippen LogP contribution in [0, 0.1) is 5.92 Å². The summed E-state index contributed by atoms with van der Waals surface area (Å²) >= 11 is 0. The smallest absolute Gasteiger partial charge is 0.221 e. The van der Waals surface area contributed by atoms with Gasteiger partial charge in [-0.3, -0.25) is 9.79 Å². The quantitative estimate of drug-likeness (QED) is 0.336. The van der Waals surface area contributed by atoms with Gasteiger partial charge in [0.15, 0.2) is 5.96 Å². The number of piperidine rings is 1. The average molecular weight is 536 g/mol. The van der Waals surface area contributed by atoms with Gasteiger partial charge < -0.3 is 20.3 Å². The van der Waals surface area contributed by atoms with Crippen molar-refractivity contribution in [3.05, 3.63) is 59.7 Å². The number of hydrogen-bond acceptors (Lipinski definition) is 3. The van der Waals surface area contributed by atoms with E-state index in [2.05, 4.69) is 57.8 Å². The van der Waals surface area contributed by atoms with Crippen molar-refractivity contribution in [2.45, 2.75) is 32.7 Å². The van der Waals surface area contributed by atoms with Crippen LogP contribution in [0.1, 0.15) is 37.3 Å². The van der Waals surface area contributed by atoms with Crippen molar-refractivity contribution >= 4 is 41.5 Å². The maximum atomic E-state index is 11.5. The molecule has 0 bridgehead atoms. The van der Waals surface area contributed by atoms with Gasteiger partial charge in [-0.05, 0) is 41.5 Å². The number of aliphatic imine (C=N–C) groups is 1. The van der Waals surface area contributed by atoms with Crippen molar-refractivity contribution in [3.8, 4) is 5.75 Å². The second kappa shape index (κ2) is 11.9. The van der Waals surface area contributed by atoms with Crippen LogP contribution in [-0.2, 0) is 11.3 Å². The number of hydrogen-bond donors (Lipinski definition) is 2. The summed E-state index contributed by atoms with van der Waals surface area (Å²) < 4.78 is 5.33. The van der Waals surface area contributed by atoms with E-state index >= 15 is 0 Å². The first-order chi connectivity index (χ1) is 14.5. The molecule has 1 saturated heterocycles. The van der Waals surface area contributed by atoms with Gasteiger partial charge in [-0.15, -0.1) is 24.0 Å². The summed E-state index contributed by atoms with van der Waals surface area (Å²) in [5.74, 6) is 2.57. The third-order valence-corrected chi connectivity index (χ3v) is 5.67. The molecule has 6 nitrogen and oxygen atoms in total. The monoisotopic (exact) mass is 536 g/mol. The molecule has 2 atom stereocenters. The fraction of sp³-hybridized carbons (Fsp3) is 0.417. The molecular weight excluding hydrogens is 503 g/mol. The average Bonchev–Trinajstić information content (AvgIpc) is 2.74. The molecule has 1 heterocycles. The predicted molar refractivity (Wildman–Crippen MR) is 137 cm³/mol. The summed E-state index contributed by atoms with van der Waals surface area (Å²) in [6.45, 7) is 6.38. The maximum absolute atomic E-state index is 11.5. The molecule has 7 heteroatoms. The zero-order valence-corrected chi connectivity index (χ0v) is 21.1. The number of rotatable bonds is 5. The lowest BCUT2D eigenvalue weighted by Gasteiger charge is -2.39. The minimum absolute atomic E-state index is 0. The van der Waals surface area contributed by atoms with E-state index < -0.39 is 0 Å². The highest BCUT2D eigenvalue weighted by Crippen LogP contribution is 2.32. The van der Waals surface area contributed by atoms with E-state index in [9.17, 15) is 4.79 Å². The molecule has 2 N–H and O–H groups in total. The number of ether oxygens (including phenoxy) is 1. The van der Waals surface area contributed by atoms with E-state index in [1.807, 2.05) is 25.2 Å². The molecule has 1 aliphatic heterocycles. The van der Waals surface area contributed by atoms with Gasteiger partial charge in [0.05, 0.1) is 12.8 Å². The minimum Gasteiger partial charge on any atom is -0.495 e. The first-order valence-electron chi connectivity index (χ1n) is 10.5. The van der Waals surface area contributed by atoms with Crippen LogP contribution < -0.4 is 15.4 Å². The Bertz CT molecular complexity index is 888. The van der Waals surface area contributed by atoms with E-state index in [0.29, 0.717) is 29.8 Å². The molecule has 0 aromatic heterocycles. The summed E-state index contributed by atoms with van der Waals surface area (Å²) in [4.78, 5) is 18.3. The van der Waals surface area contributed by atoms with Crippen LogP contribution in [0.2, 0.25) is 0 Å². The lowest BCUT2D eigenvalue weighted by molar-refractivity contribution is -0.114. The molecule has 0 radical (unpaired) electrons. The van der Waals surface area contributed by atoms with Crippen molar-refractivity contribution in [1.82, 2.24) is 10.2 Å². The summed E-state index contributed by atoms with van der Waals surface area (Å²) in [6, 6.07) is 16.6. The Morgan fingerprint density at radius 1 is 1.23 bits per heavy atom. The van der Waals surface area contributed by atoms with Crippen LogP contribution in [0.5, 0.6) is 5.75 Å². The lowest BCUT2D eigenvalue weighted by Crippen LogP contribution is -2.47. The number of likely N-dealkylation sites (tertiary alicyclic amines) is 1. The summed E-state index contributed by atoms with van der Waals surface area (Å²) in [7, 11) is 3.42. The number of carbonyl (C=O) groups is 1. The molecule has 1 aliphatic rings. The maximum Gasteiger partial charge on any atom is 0.221 e. The SMILES string of the molecule is CN=C(NCc1ccc(OC)c(NC(C)=O)c1)N1CCC(c2ccccc2)C(C)C1.I. The van der Waals surface area contributed by atoms with Gasteiger partial charge in [-0.25, -0.2) is 0 Å². The van der Waals surface area contributed by atoms with Crippen LogP contribution in [0.4, 0.5) is 5.69 Å². The Morgan fingerprint density at radius 2 is 1.97 bits per heavy atom. The molecule has 2 aromatic rings. The van der Waals surface area contributed by atoms with E-state index in [1.54, 1.807) is 7.11 Å². The Balaban J connectivity index is 0.00000341. The third-order valence-electron chi connectivity index (χ3n) is 5.67. The molecule has 3 rings (SSSR count). The minimum atomic E-state index is -0.121. The Labute approximate surface area is 202 Å². The second-order valence-electron chi connectivity index (χ2n) is 7.85. The molecular formula is C24H33IN4O2. The summed E-state index contributed by atoms with van der Waals surface area (Å²) in [5, 5.41) is 6.29. The zero-order chi connectivity index (χ0) is 21.5. The van der Waals surface area contributed by atoms with Crippen molar-refractivity contribution < 1.29 is 9.53 Å². The molecule has 31 heavy (non-hydrogen) atoms. The van der Waals surface area contributed by atoms with E-state index in [4.69, 9.17) is 4.74 Å². The van der Waals surface area contributed by atoms with Crippen molar-refractivity contribution in [1.29, 1.82) is 0 Å². The number of methoxy groups -OCH3 is 1. The van der Waals surface area contributed by atoms with Crippen molar-refractivity contribution in [2.24, 2.45) is 10.9 Å². The normalized spacial score (nSPS) is 18.7. The van der Waals surface area contributed by atoms with Crippen LogP contribution in [0.3, 0.4) is 0 Å². The number of nitrogens with zero attached hydrogens (tertiary/aromatic N) is 2. The summed E-state index contributed by atoms with van der Waals surface area (Å²) in [6.07, 6.45) is 1.11. The van der Waals surface area contributed by atoms with E-state index in [1.165, 1.54) is 12.5 Å². The van der Waals surface area contributed by atoms with Crippen molar-refractivity contribution in [2.75, 3.05) is 32.6 Å². The number of guanidine groups is 1. The largest absolute Gasteiger partial charge is 0.495 e. The number of amides is 1. The highest BCUT2D eigenvalue weighted by Gasteiger charge is 2.28. The number of halogens is 1. The molecule has 0 spiro atoms. The third kappa shape index (κ3) is 6.59. The number of carbonyl (C=O) groups excluding carboxylic acids is 1. The number of nitrogens with one attached hydrogen (secondary N) is 2. The van der Waals surface area contributed by atoms with Crippen LogP contribution in [0.25, 0.3) is 0 Å². The standard InChI is InChI=1S/C24H32N4O2.HI/c1-17-16-28(13-12-21(17)20-8-6-5-7-9-20)24(25-3)26-15-19-10-11-23(30-4)22(14-19)27-18(2)29;/h5-11,14,17,21H,12-13,15-16H2,1-4H3,(H,25,26)(H,27,29);1H. The molecule has 168 valence electrons. The number of anilines is 1. The Kier molecular flexibility index (Phi) is 9.61. The first kappa shape index (κ1) is 25.0. The number of benzene rings is 2. The molecule has 1 fully saturated rings. The van der Waals surface area contributed by atoms with Gasteiger partial charge >= 0.3 is 0 Å². The van der Waals surface area contributed by atoms with Gasteiger partial charge in [0.2, 0.25) is 5.91 Å². The van der Waals surface area contributed by atoms with Gasteiger partial charge in [0.1, 0.15) is 5.75 Å². The second-order valence-corrected chi connectivity index (χ2v) is 7.85. The van der Waals surface area contributed by atoms with Crippen molar-refractivity contribution in [3.63, 3.8) is 0 Å². The molecule has 2 unspecified atom stereocenters. The topological polar surface area (TPSA) is 66.0 Å². The Hall–Kier alpha value is -2.29. The fourth-order valence-corrected chi connectivity index (χ4v) is 4.20. The molecule has 0 aliphatic carbocycles. The Morgan fingerprint density at radius 3 is 2.58 bits per heavy atom. The fourth-order valence-electron chi connectivity index (χ4n) is 4.20. The summed E-state index contributed by atoms with van der Waals surface area (Å²) in [5.41, 5.74) is 3.15.